The molecule has 0 aliphatic rings. The number of methoxy groups -OCH3 is 1. The van der Waals surface area contributed by atoms with Crippen LogP contribution in [0.2, 0.25) is 0 Å². The fourth-order valence-electron chi connectivity index (χ4n) is 3.14. The third-order valence-electron chi connectivity index (χ3n) is 5.17. The van der Waals surface area contributed by atoms with E-state index >= 15 is 0 Å². The monoisotopic (exact) mass is 460 g/mol. The van der Waals surface area contributed by atoms with Gasteiger partial charge in [0.05, 0.1) is 12.0 Å². The number of rotatable bonds is 10. The van der Waals surface area contributed by atoms with E-state index < -0.39 is 15.2 Å². The van der Waals surface area contributed by atoms with E-state index in [2.05, 4.69) is 14.7 Å². The number of aryl methyl sites for hydroxylation is 1. The SMILES string of the molecule is CCC(N)CC(Nc1nc(Cc2ccccc2C)ns1)S(=O)(=O)c1ccc(OC)cc1. The molecular formula is C22H28N4O3S2. The molecule has 9 heteroatoms. The number of benzene rings is 2. The number of nitrogens with two attached hydrogens (primary N) is 1. The molecule has 31 heavy (non-hydrogen) atoms. The van der Waals surface area contributed by atoms with Crippen LogP contribution in [-0.4, -0.2) is 36.3 Å². The molecule has 0 radical (unpaired) electrons. The van der Waals surface area contributed by atoms with E-state index in [0.717, 1.165) is 17.1 Å². The second kappa shape index (κ2) is 10.2. The molecule has 2 aromatic carbocycles. The van der Waals surface area contributed by atoms with Gasteiger partial charge in [0.1, 0.15) is 16.9 Å². The second-order valence-electron chi connectivity index (χ2n) is 7.38. The maximum absolute atomic E-state index is 13.3. The maximum Gasteiger partial charge on any atom is 0.203 e. The van der Waals surface area contributed by atoms with Gasteiger partial charge in [0.25, 0.3) is 0 Å². The maximum atomic E-state index is 13.3. The molecule has 0 aliphatic carbocycles. The lowest BCUT2D eigenvalue weighted by Crippen LogP contribution is -2.36. The van der Waals surface area contributed by atoms with Crippen molar-refractivity contribution in [1.82, 2.24) is 9.36 Å². The molecule has 1 heterocycles. The minimum atomic E-state index is -3.69. The van der Waals surface area contributed by atoms with Crippen molar-refractivity contribution < 1.29 is 13.2 Å². The summed E-state index contributed by atoms with van der Waals surface area (Å²) in [4.78, 5) is 4.73. The lowest BCUT2D eigenvalue weighted by molar-refractivity contribution is 0.414. The molecule has 3 aromatic rings. The van der Waals surface area contributed by atoms with Crippen LogP contribution < -0.4 is 15.8 Å². The van der Waals surface area contributed by atoms with Crippen LogP contribution in [0.4, 0.5) is 5.13 Å². The molecule has 2 unspecified atom stereocenters. The van der Waals surface area contributed by atoms with E-state index in [-0.39, 0.29) is 17.4 Å². The molecular weight excluding hydrogens is 432 g/mol. The lowest BCUT2D eigenvalue weighted by atomic mass is 10.1. The Kier molecular flexibility index (Phi) is 7.64. The highest BCUT2D eigenvalue weighted by atomic mass is 32.2. The van der Waals surface area contributed by atoms with Crippen molar-refractivity contribution in [2.75, 3.05) is 12.4 Å². The van der Waals surface area contributed by atoms with Crippen molar-refractivity contribution in [3.8, 4) is 5.75 Å². The number of hydrogen-bond acceptors (Lipinski definition) is 8. The first-order valence-corrected chi connectivity index (χ1v) is 12.4. The summed E-state index contributed by atoms with van der Waals surface area (Å²) in [5.74, 6) is 1.25. The summed E-state index contributed by atoms with van der Waals surface area (Å²) in [7, 11) is -2.15. The molecule has 0 aliphatic heterocycles. The molecule has 3 N–H and O–H groups in total. The van der Waals surface area contributed by atoms with Crippen molar-refractivity contribution in [3.63, 3.8) is 0 Å². The number of aromatic nitrogens is 2. The molecule has 0 fully saturated rings. The van der Waals surface area contributed by atoms with E-state index in [1.54, 1.807) is 24.3 Å². The van der Waals surface area contributed by atoms with Gasteiger partial charge < -0.3 is 15.8 Å². The van der Waals surface area contributed by atoms with Gasteiger partial charge in [0.2, 0.25) is 5.13 Å². The number of ether oxygens (including phenoxy) is 1. The molecule has 0 saturated heterocycles. The van der Waals surface area contributed by atoms with Gasteiger partial charge in [-0.1, -0.05) is 31.2 Å². The summed E-state index contributed by atoms with van der Waals surface area (Å²) in [5, 5.41) is 2.64. The highest BCUT2D eigenvalue weighted by molar-refractivity contribution is 7.92. The number of nitrogens with one attached hydrogen (secondary N) is 1. The Hall–Kier alpha value is -2.49. The first-order valence-electron chi connectivity index (χ1n) is 10.1. The zero-order valence-corrected chi connectivity index (χ0v) is 19.5. The van der Waals surface area contributed by atoms with E-state index in [1.165, 1.54) is 12.7 Å². The number of nitrogens with zero attached hydrogens (tertiary/aromatic N) is 2. The van der Waals surface area contributed by atoms with Gasteiger partial charge in [-0.2, -0.15) is 4.37 Å². The van der Waals surface area contributed by atoms with E-state index in [0.29, 0.717) is 29.5 Å². The summed E-state index contributed by atoms with van der Waals surface area (Å²) in [6.07, 6.45) is 1.53. The Bertz CT molecular complexity index is 1100. The van der Waals surface area contributed by atoms with Crippen LogP contribution in [0.1, 0.15) is 36.7 Å². The average Bonchev–Trinajstić information content (AvgIpc) is 3.21. The standard InChI is InChI=1S/C22H28N4O3S2/c1-4-17(23)14-21(31(27,28)19-11-9-18(29-3)10-12-19)25-22-24-20(26-30-22)13-16-8-6-5-7-15(16)2/h5-12,17,21H,4,13-14,23H2,1-3H3,(H,24,25,26). The van der Waals surface area contributed by atoms with Gasteiger partial charge in [0.15, 0.2) is 9.84 Å². The first kappa shape index (κ1) is 23.2. The molecule has 0 amide bonds. The molecule has 3 rings (SSSR count). The van der Waals surface area contributed by atoms with Gasteiger partial charge >= 0.3 is 0 Å². The van der Waals surface area contributed by atoms with Crippen LogP contribution in [0.15, 0.2) is 53.4 Å². The van der Waals surface area contributed by atoms with Crippen LogP contribution >= 0.6 is 11.5 Å². The van der Waals surface area contributed by atoms with Crippen molar-refractivity contribution in [3.05, 3.63) is 65.5 Å². The molecule has 7 nitrogen and oxygen atoms in total. The van der Waals surface area contributed by atoms with E-state index in [9.17, 15) is 8.42 Å². The molecule has 166 valence electrons. The van der Waals surface area contributed by atoms with Gasteiger partial charge in [-0.3, -0.25) is 0 Å². The first-order chi connectivity index (χ1) is 14.8. The minimum absolute atomic E-state index is 0.207. The Morgan fingerprint density at radius 2 is 1.87 bits per heavy atom. The minimum Gasteiger partial charge on any atom is -0.497 e. The second-order valence-corrected chi connectivity index (χ2v) is 10.3. The van der Waals surface area contributed by atoms with Crippen LogP contribution in [-0.2, 0) is 16.3 Å². The van der Waals surface area contributed by atoms with Gasteiger partial charge in [-0.15, -0.1) is 0 Å². The van der Waals surface area contributed by atoms with Crippen LogP contribution in [0.3, 0.4) is 0 Å². The number of anilines is 1. The predicted molar refractivity (Wildman–Crippen MR) is 124 cm³/mol. The summed E-state index contributed by atoms with van der Waals surface area (Å²) in [6.45, 7) is 3.98. The normalized spacial score (nSPS) is 13.5. The van der Waals surface area contributed by atoms with Crippen molar-refractivity contribution in [2.45, 2.75) is 49.4 Å². The zero-order chi connectivity index (χ0) is 22.4. The number of sulfone groups is 1. The number of hydrogen-bond donors (Lipinski definition) is 2. The van der Waals surface area contributed by atoms with E-state index in [1.807, 2.05) is 38.1 Å². The van der Waals surface area contributed by atoms with Crippen LogP contribution in [0.5, 0.6) is 5.75 Å². The molecule has 0 bridgehead atoms. The van der Waals surface area contributed by atoms with Gasteiger partial charge in [-0.25, -0.2) is 13.4 Å². The van der Waals surface area contributed by atoms with Crippen molar-refractivity contribution >= 4 is 26.5 Å². The third-order valence-corrected chi connectivity index (χ3v) is 7.84. The highest BCUT2D eigenvalue weighted by Crippen LogP contribution is 2.25. The van der Waals surface area contributed by atoms with Gasteiger partial charge in [-0.05, 0) is 55.2 Å². The average molecular weight is 461 g/mol. The summed E-state index contributed by atoms with van der Waals surface area (Å²) >= 11 is 1.16. The van der Waals surface area contributed by atoms with Crippen molar-refractivity contribution in [1.29, 1.82) is 0 Å². The van der Waals surface area contributed by atoms with Crippen molar-refractivity contribution in [2.24, 2.45) is 5.73 Å². The van der Waals surface area contributed by atoms with Crippen LogP contribution in [0, 0.1) is 6.92 Å². The summed E-state index contributed by atoms with van der Waals surface area (Å²) < 4.78 is 36.2. The predicted octanol–water partition coefficient (Wildman–Crippen LogP) is 3.79. The molecule has 1 aromatic heterocycles. The smallest absolute Gasteiger partial charge is 0.203 e. The Labute approximate surface area is 187 Å². The lowest BCUT2D eigenvalue weighted by Gasteiger charge is -2.21. The third kappa shape index (κ3) is 5.81. The largest absolute Gasteiger partial charge is 0.497 e. The summed E-state index contributed by atoms with van der Waals surface area (Å²) in [5.41, 5.74) is 8.42. The molecule has 2 atom stereocenters. The fourth-order valence-corrected chi connectivity index (χ4v) is 5.46. The highest BCUT2D eigenvalue weighted by Gasteiger charge is 2.30. The zero-order valence-electron chi connectivity index (χ0n) is 17.9. The topological polar surface area (TPSA) is 107 Å². The van der Waals surface area contributed by atoms with Crippen LogP contribution in [0.25, 0.3) is 0 Å². The fraction of sp³-hybridized carbons (Fsp3) is 0.364. The van der Waals surface area contributed by atoms with Gasteiger partial charge in [0, 0.05) is 24.0 Å². The Morgan fingerprint density at radius 1 is 1.16 bits per heavy atom. The van der Waals surface area contributed by atoms with E-state index in [4.69, 9.17) is 10.5 Å². The molecule has 0 saturated carbocycles. The Morgan fingerprint density at radius 3 is 2.52 bits per heavy atom. The summed E-state index contributed by atoms with van der Waals surface area (Å²) in [6, 6.07) is 14.2. The molecule has 0 spiro atoms. The Balaban J connectivity index is 1.82. The quantitative estimate of drug-likeness (QED) is 0.474.